The predicted molar refractivity (Wildman–Crippen MR) is 70.8 cm³/mol. The summed E-state index contributed by atoms with van der Waals surface area (Å²) >= 11 is 0. The van der Waals surface area contributed by atoms with Gasteiger partial charge in [0, 0.05) is 0 Å². The summed E-state index contributed by atoms with van der Waals surface area (Å²) in [5.74, 6) is 0. The van der Waals surface area contributed by atoms with Gasteiger partial charge in [0.05, 0.1) is 0 Å². The second kappa shape index (κ2) is 4.13. The van der Waals surface area contributed by atoms with Crippen molar-refractivity contribution in [1.82, 2.24) is 0 Å². The lowest BCUT2D eigenvalue weighted by Gasteiger charge is -2.02. The average Bonchev–Trinajstić information content (AvgIpc) is 2.66. The lowest BCUT2D eigenvalue weighted by atomic mass is 10.0. The van der Waals surface area contributed by atoms with Crippen LogP contribution in [0.4, 0.5) is 0 Å². The molecule has 82 valence electrons. The van der Waals surface area contributed by atoms with Gasteiger partial charge in [-0.15, -0.1) is 0 Å². The second-order valence-corrected chi connectivity index (χ2v) is 4.18. The summed E-state index contributed by atoms with van der Waals surface area (Å²) in [6, 6.07) is 15.6. The molecule has 0 aliphatic heterocycles. The van der Waals surface area contributed by atoms with Crippen molar-refractivity contribution in [2.45, 2.75) is 27.2 Å². The van der Waals surface area contributed by atoms with Gasteiger partial charge in [-0.05, 0) is 40.7 Å². The SMILES string of the molecule is C.CCc1ccc2c(c1)Cc1ccccc1-2. The van der Waals surface area contributed by atoms with Crippen LogP contribution in [0.15, 0.2) is 42.5 Å². The maximum atomic E-state index is 2.36. The van der Waals surface area contributed by atoms with E-state index >= 15 is 0 Å². The van der Waals surface area contributed by atoms with Crippen LogP contribution in [0.25, 0.3) is 11.1 Å². The first-order valence-electron chi connectivity index (χ1n) is 5.58. The van der Waals surface area contributed by atoms with Gasteiger partial charge >= 0.3 is 0 Å². The van der Waals surface area contributed by atoms with E-state index in [4.69, 9.17) is 0 Å². The monoisotopic (exact) mass is 210 g/mol. The van der Waals surface area contributed by atoms with Crippen molar-refractivity contribution in [3.63, 3.8) is 0 Å². The van der Waals surface area contributed by atoms with E-state index in [9.17, 15) is 0 Å². The van der Waals surface area contributed by atoms with Gasteiger partial charge in [-0.2, -0.15) is 0 Å². The Balaban J connectivity index is 0.000000963. The number of hydrogen-bond donors (Lipinski definition) is 0. The topological polar surface area (TPSA) is 0 Å². The molecule has 0 N–H and O–H groups in total. The minimum Gasteiger partial charge on any atom is -0.0776 e. The van der Waals surface area contributed by atoms with Crippen molar-refractivity contribution in [2.75, 3.05) is 0 Å². The van der Waals surface area contributed by atoms with Gasteiger partial charge in [-0.3, -0.25) is 0 Å². The van der Waals surface area contributed by atoms with Gasteiger partial charge in [0.15, 0.2) is 0 Å². The summed E-state index contributed by atoms with van der Waals surface area (Å²) in [7, 11) is 0. The zero-order valence-corrected chi connectivity index (χ0v) is 8.96. The Morgan fingerprint density at radius 1 is 0.938 bits per heavy atom. The molecule has 1 aliphatic rings. The Morgan fingerprint density at radius 2 is 1.69 bits per heavy atom. The van der Waals surface area contributed by atoms with E-state index in [0.29, 0.717) is 0 Å². The van der Waals surface area contributed by atoms with E-state index in [2.05, 4.69) is 49.4 Å². The summed E-state index contributed by atoms with van der Waals surface area (Å²) in [4.78, 5) is 0. The van der Waals surface area contributed by atoms with Crippen LogP contribution in [0.2, 0.25) is 0 Å². The molecule has 0 heteroatoms. The summed E-state index contributed by atoms with van der Waals surface area (Å²) in [5, 5.41) is 0. The summed E-state index contributed by atoms with van der Waals surface area (Å²) < 4.78 is 0. The molecule has 0 amide bonds. The zero-order valence-electron chi connectivity index (χ0n) is 8.96. The molecule has 0 radical (unpaired) electrons. The van der Waals surface area contributed by atoms with Crippen LogP contribution >= 0.6 is 0 Å². The van der Waals surface area contributed by atoms with Crippen LogP contribution in [-0.2, 0) is 12.8 Å². The number of rotatable bonds is 1. The molecule has 16 heavy (non-hydrogen) atoms. The minimum absolute atomic E-state index is 0. The van der Waals surface area contributed by atoms with Gasteiger partial charge in [0.2, 0.25) is 0 Å². The van der Waals surface area contributed by atoms with Crippen LogP contribution in [0.5, 0.6) is 0 Å². The van der Waals surface area contributed by atoms with E-state index in [1.807, 2.05) is 0 Å². The molecule has 1 aliphatic carbocycles. The molecule has 0 saturated heterocycles. The third-order valence-electron chi connectivity index (χ3n) is 3.27. The molecule has 0 heterocycles. The van der Waals surface area contributed by atoms with E-state index in [-0.39, 0.29) is 7.43 Å². The molecule has 0 nitrogen and oxygen atoms in total. The van der Waals surface area contributed by atoms with Crippen molar-refractivity contribution < 1.29 is 0 Å². The van der Waals surface area contributed by atoms with E-state index < -0.39 is 0 Å². The highest BCUT2D eigenvalue weighted by atomic mass is 14.2. The van der Waals surface area contributed by atoms with E-state index in [0.717, 1.165) is 12.8 Å². The summed E-state index contributed by atoms with van der Waals surface area (Å²) in [6.07, 6.45) is 2.24. The number of fused-ring (bicyclic) bond motifs is 3. The molecular formula is C16H18. The fourth-order valence-corrected chi connectivity index (χ4v) is 2.42. The van der Waals surface area contributed by atoms with Crippen molar-refractivity contribution >= 4 is 0 Å². The third-order valence-corrected chi connectivity index (χ3v) is 3.27. The van der Waals surface area contributed by atoms with Crippen LogP contribution < -0.4 is 0 Å². The summed E-state index contributed by atoms with van der Waals surface area (Å²) in [5.41, 5.74) is 7.27. The van der Waals surface area contributed by atoms with Crippen LogP contribution in [-0.4, -0.2) is 0 Å². The van der Waals surface area contributed by atoms with Gasteiger partial charge in [0.25, 0.3) is 0 Å². The minimum atomic E-state index is 0. The van der Waals surface area contributed by atoms with Gasteiger partial charge in [0.1, 0.15) is 0 Å². The smallest absolute Gasteiger partial charge is 0.00134 e. The molecule has 0 bridgehead atoms. The highest BCUT2D eigenvalue weighted by Crippen LogP contribution is 2.36. The van der Waals surface area contributed by atoms with Gasteiger partial charge in [-0.1, -0.05) is 56.8 Å². The fraction of sp³-hybridized carbons (Fsp3) is 0.250. The molecule has 0 aromatic heterocycles. The Hall–Kier alpha value is -1.56. The molecular weight excluding hydrogens is 192 g/mol. The first kappa shape index (κ1) is 10.9. The first-order valence-corrected chi connectivity index (χ1v) is 5.58. The van der Waals surface area contributed by atoms with E-state index in [1.165, 1.54) is 27.8 Å². The van der Waals surface area contributed by atoms with Crippen molar-refractivity contribution in [1.29, 1.82) is 0 Å². The van der Waals surface area contributed by atoms with Crippen LogP contribution in [0.1, 0.15) is 31.0 Å². The summed E-state index contributed by atoms with van der Waals surface area (Å²) in [6.45, 7) is 2.21. The maximum Gasteiger partial charge on any atom is -0.00134 e. The molecule has 0 unspecified atom stereocenters. The number of benzene rings is 2. The maximum absolute atomic E-state index is 2.36. The quantitative estimate of drug-likeness (QED) is 0.556. The van der Waals surface area contributed by atoms with Gasteiger partial charge < -0.3 is 0 Å². The second-order valence-electron chi connectivity index (χ2n) is 4.18. The normalized spacial score (nSPS) is 11.6. The standard InChI is InChI=1S/C15H14.CH4/c1-2-11-7-8-15-13(9-11)10-12-5-3-4-6-14(12)15;/h3-9H,2,10H2,1H3;1H4. The van der Waals surface area contributed by atoms with Crippen LogP contribution in [0, 0.1) is 0 Å². The molecule has 0 saturated carbocycles. The van der Waals surface area contributed by atoms with Crippen LogP contribution in [0.3, 0.4) is 0 Å². The van der Waals surface area contributed by atoms with Crippen molar-refractivity contribution in [3.8, 4) is 11.1 Å². The third kappa shape index (κ3) is 1.55. The molecule has 0 atom stereocenters. The molecule has 0 spiro atoms. The fourth-order valence-electron chi connectivity index (χ4n) is 2.42. The molecule has 2 aromatic rings. The largest absolute Gasteiger partial charge is 0.0776 e. The zero-order chi connectivity index (χ0) is 10.3. The predicted octanol–water partition coefficient (Wildman–Crippen LogP) is 4.46. The first-order chi connectivity index (χ1) is 7.38. The Bertz CT molecular complexity index is 509. The molecule has 3 rings (SSSR count). The molecule has 0 fully saturated rings. The average molecular weight is 210 g/mol. The number of hydrogen-bond acceptors (Lipinski definition) is 0. The Kier molecular flexibility index (Phi) is 2.82. The van der Waals surface area contributed by atoms with Crippen molar-refractivity contribution in [2.24, 2.45) is 0 Å². The van der Waals surface area contributed by atoms with Gasteiger partial charge in [-0.25, -0.2) is 0 Å². The Labute approximate surface area is 97.9 Å². The Morgan fingerprint density at radius 3 is 2.50 bits per heavy atom. The molecule has 2 aromatic carbocycles. The lowest BCUT2D eigenvalue weighted by Crippen LogP contribution is -1.84. The lowest BCUT2D eigenvalue weighted by molar-refractivity contribution is 1.12. The number of aryl methyl sites for hydroxylation is 1. The highest BCUT2D eigenvalue weighted by Gasteiger charge is 2.17. The highest BCUT2D eigenvalue weighted by molar-refractivity contribution is 5.76. The van der Waals surface area contributed by atoms with Crippen molar-refractivity contribution in [3.05, 3.63) is 59.2 Å². The van der Waals surface area contributed by atoms with E-state index in [1.54, 1.807) is 0 Å².